The standard InChI is InChI=1S/C14H23F2N3/c1-11-3-2-4-12(9-11)5-6-17-10-13-18-7-8-19(13)14(15)16/h7-8,11-12,14,17H,2-6,9-10H2,1H3. The fourth-order valence-corrected chi connectivity index (χ4v) is 2.99. The SMILES string of the molecule is CC1CCCC(CCNCc2nccn2C(F)F)C1. The van der Waals surface area contributed by atoms with E-state index in [0.29, 0.717) is 12.4 Å². The van der Waals surface area contributed by atoms with Crippen molar-refractivity contribution < 1.29 is 8.78 Å². The van der Waals surface area contributed by atoms with Gasteiger partial charge in [0.05, 0.1) is 6.54 Å². The topological polar surface area (TPSA) is 29.9 Å². The number of imidazole rings is 1. The van der Waals surface area contributed by atoms with Gasteiger partial charge in [-0.05, 0) is 31.2 Å². The number of nitrogens with zero attached hydrogens (tertiary/aromatic N) is 2. The molecule has 0 saturated heterocycles. The zero-order valence-corrected chi connectivity index (χ0v) is 11.5. The molecule has 108 valence electrons. The van der Waals surface area contributed by atoms with E-state index in [4.69, 9.17) is 0 Å². The van der Waals surface area contributed by atoms with Gasteiger partial charge in [0.15, 0.2) is 0 Å². The minimum absolute atomic E-state index is 0.409. The third-order valence-electron chi connectivity index (χ3n) is 4.02. The van der Waals surface area contributed by atoms with Gasteiger partial charge >= 0.3 is 6.55 Å². The van der Waals surface area contributed by atoms with Crippen molar-refractivity contribution in [1.82, 2.24) is 14.9 Å². The molecule has 1 saturated carbocycles. The van der Waals surface area contributed by atoms with Crippen LogP contribution in [0, 0.1) is 11.8 Å². The van der Waals surface area contributed by atoms with E-state index in [0.717, 1.165) is 29.4 Å². The largest absolute Gasteiger partial charge is 0.319 e. The Bertz CT molecular complexity index is 379. The summed E-state index contributed by atoms with van der Waals surface area (Å²) in [5, 5.41) is 3.23. The van der Waals surface area contributed by atoms with Gasteiger partial charge in [-0.3, -0.25) is 4.57 Å². The molecule has 1 N–H and O–H groups in total. The zero-order chi connectivity index (χ0) is 13.7. The maximum atomic E-state index is 12.6. The fourth-order valence-electron chi connectivity index (χ4n) is 2.99. The summed E-state index contributed by atoms with van der Waals surface area (Å²) >= 11 is 0. The molecule has 1 aromatic rings. The molecule has 1 aliphatic rings. The summed E-state index contributed by atoms with van der Waals surface area (Å²) in [5.74, 6) is 2.05. The van der Waals surface area contributed by atoms with Crippen LogP contribution in [0.2, 0.25) is 0 Å². The van der Waals surface area contributed by atoms with Gasteiger partial charge in [-0.15, -0.1) is 0 Å². The van der Waals surface area contributed by atoms with Crippen LogP contribution < -0.4 is 5.32 Å². The average Bonchev–Trinajstić information content (AvgIpc) is 2.83. The van der Waals surface area contributed by atoms with Crippen LogP contribution in [-0.2, 0) is 6.54 Å². The Labute approximate surface area is 113 Å². The van der Waals surface area contributed by atoms with Crippen LogP contribution in [-0.4, -0.2) is 16.1 Å². The first-order valence-corrected chi connectivity index (χ1v) is 7.17. The van der Waals surface area contributed by atoms with Gasteiger partial charge in [0.1, 0.15) is 5.82 Å². The molecule has 0 radical (unpaired) electrons. The van der Waals surface area contributed by atoms with Crippen LogP contribution in [0.15, 0.2) is 12.4 Å². The summed E-state index contributed by atoms with van der Waals surface area (Å²) in [5.41, 5.74) is 0. The number of hydrogen-bond donors (Lipinski definition) is 1. The smallest absolute Gasteiger partial charge is 0.310 e. The van der Waals surface area contributed by atoms with Crippen molar-refractivity contribution in [3.63, 3.8) is 0 Å². The molecular weight excluding hydrogens is 248 g/mol. The van der Waals surface area contributed by atoms with Crippen LogP contribution in [0.25, 0.3) is 0 Å². The van der Waals surface area contributed by atoms with Crippen LogP contribution in [0.3, 0.4) is 0 Å². The lowest BCUT2D eigenvalue weighted by molar-refractivity contribution is 0.0666. The Morgan fingerprint density at radius 3 is 3.05 bits per heavy atom. The Hall–Kier alpha value is -0.970. The highest BCUT2D eigenvalue weighted by atomic mass is 19.3. The second-order valence-electron chi connectivity index (χ2n) is 5.63. The van der Waals surface area contributed by atoms with Crippen molar-refractivity contribution in [3.8, 4) is 0 Å². The van der Waals surface area contributed by atoms with Gasteiger partial charge in [-0.2, -0.15) is 8.78 Å². The van der Waals surface area contributed by atoms with Crippen molar-refractivity contribution in [1.29, 1.82) is 0 Å². The molecule has 2 unspecified atom stereocenters. The lowest BCUT2D eigenvalue weighted by Crippen LogP contribution is -2.22. The fraction of sp³-hybridized carbons (Fsp3) is 0.786. The molecule has 1 fully saturated rings. The number of halogens is 2. The van der Waals surface area contributed by atoms with Crippen molar-refractivity contribution in [3.05, 3.63) is 18.2 Å². The van der Waals surface area contributed by atoms with Gasteiger partial charge in [-0.25, -0.2) is 4.98 Å². The van der Waals surface area contributed by atoms with Crippen molar-refractivity contribution in [2.75, 3.05) is 6.54 Å². The molecule has 0 amide bonds. The minimum Gasteiger partial charge on any atom is -0.310 e. The van der Waals surface area contributed by atoms with E-state index in [9.17, 15) is 8.78 Å². The van der Waals surface area contributed by atoms with Crippen molar-refractivity contribution >= 4 is 0 Å². The van der Waals surface area contributed by atoms with E-state index in [1.54, 1.807) is 0 Å². The first kappa shape index (κ1) is 14.4. The van der Waals surface area contributed by atoms with Crippen LogP contribution in [0.1, 0.15) is 51.4 Å². The number of nitrogens with one attached hydrogen (secondary N) is 1. The number of rotatable bonds is 6. The third kappa shape index (κ3) is 4.27. The molecule has 3 nitrogen and oxygen atoms in total. The summed E-state index contributed by atoms with van der Waals surface area (Å²) in [6.45, 7) is 1.12. The monoisotopic (exact) mass is 271 g/mol. The quantitative estimate of drug-likeness (QED) is 0.801. The van der Waals surface area contributed by atoms with E-state index in [1.165, 1.54) is 38.1 Å². The molecule has 19 heavy (non-hydrogen) atoms. The molecule has 2 atom stereocenters. The Morgan fingerprint density at radius 2 is 2.32 bits per heavy atom. The minimum atomic E-state index is -2.50. The van der Waals surface area contributed by atoms with E-state index >= 15 is 0 Å². The highest BCUT2D eigenvalue weighted by Gasteiger charge is 2.18. The Morgan fingerprint density at radius 1 is 1.47 bits per heavy atom. The van der Waals surface area contributed by atoms with E-state index in [1.807, 2.05) is 0 Å². The van der Waals surface area contributed by atoms with Crippen molar-refractivity contribution in [2.45, 2.75) is 52.1 Å². The number of hydrogen-bond acceptors (Lipinski definition) is 2. The summed E-state index contributed by atoms with van der Waals surface area (Å²) in [4.78, 5) is 3.95. The zero-order valence-electron chi connectivity index (χ0n) is 11.5. The van der Waals surface area contributed by atoms with Gasteiger partial charge in [0, 0.05) is 12.4 Å². The normalized spacial score (nSPS) is 24.0. The van der Waals surface area contributed by atoms with Crippen LogP contribution >= 0.6 is 0 Å². The lowest BCUT2D eigenvalue weighted by atomic mass is 9.81. The number of alkyl halides is 2. The predicted octanol–water partition coefficient (Wildman–Crippen LogP) is 3.58. The summed E-state index contributed by atoms with van der Waals surface area (Å²) in [6.07, 6.45) is 9.21. The number of aromatic nitrogens is 2. The summed E-state index contributed by atoms with van der Waals surface area (Å²) in [7, 11) is 0. The first-order chi connectivity index (χ1) is 9.16. The highest BCUT2D eigenvalue weighted by Crippen LogP contribution is 2.30. The third-order valence-corrected chi connectivity index (χ3v) is 4.02. The molecule has 2 rings (SSSR count). The van der Waals surface area contributed by atoms with Gasteiger partial charge in [0.25, 0.3) is 0 Å². The molecule has 0 bridgehead atoms. The molecule has 1 heterocycles. The molecule has 1 aromatic heterocycles. The molecular formula is C14H23F2N3. The van der Waals surface area contributed by atoms with Crippen LogP contribution in [0.5, 0.6) is 0 Å². The average molecular weight is 271 g/mol. The molecule has 0 aliphatic heterocycles. The van der Waals surface area contributed by atoms with Gasteiger partial charge in [-0.1, -0.05) is 26.2 Å². The molecule has 5 heteroatoms. The Kier molecular flexibility index (Phi) is 5.31. The van der Waals surface area contributed by atoms with E-state index < -0.39 is 6.55 Å². The second-order valence-corrected chi connectivity index (χ2v) is 5.63. The van der Waals surface area contributed by atoms with Gasteiger partial charge in [0.2, 0.25) is 0 Å². The van der Waals surface area contributed by atoms with Gasteiger partial charge < -0.3 is 5.32 Å². The summed E-state index contributed by atoms with van der Waals surface area (Å²) in [6, 6.07) is 0. The van der Waals surface area contributed by atoms with E-state index in [2.05, 4.69) is 17.2 Å². The van der Waals surface area contributed by atoms with E-state index in [-0.39, 0.29) is 0 Å². The Balaban J connectivity index is 1.67. The van der Waals surface area contributed by atoms with Crippen molar-refractivity contribution in [2.24, 2.45) is 11.8 Å². The lowest BCUT2D eigenvalue weighted by Gasteiger charge is -2.26. The molecule has 0 spiro atoms. The highest BCUT2D eigenvalue weighted by molar-refractivity contribution is 4.92. The predicted molar refractivity (Wildman–Crippen MR) is 70.9 cm³/mol. The first-order valence-electron chi connectivity index (χ1n) is 7.17. The summed E-state index contributed by atoms with van der Waals surface area (Å²) < 4.78 is 26.1. The molecule has 1 aliphatic carbocycles. The maximum absolute atomic E-state index is 12.6. The maximum Gasteiger partial charge on any atom is 0.319 e. The molecule has 0 aromatic carbocycles. The second kappa shape index (κ2) is 6.98. The van der Waals surface area contributed by atoms with Crippen LogP contribution in [0.4, 0.5) is 8.78 Å².